The van der Waals surface area contributed by atoms with Crippen LogP contribution in [0.1, 0.15) is 43.7 Å². The van der Waals surface area contributed by atoms with E-state index in [1.54, 1.807) is 0 Å². The molecule has 4 heteroatoms. The first-order chi connectivity index (χ1) is 11.0. The van der Waals surface area contributed by atoms with Crippen molar-refractivity contribution >= 4 is 23.0 Å². The zero-order valence-corrected chi connectivity index (χ0v) is 15.9. The van der Waals surface area contributed by atoms with Crippen molar-refractivity contribution in [3.63, 3.8) is 0 Å². The van der Waals surface area contributed by atoms with Crippen LogP contribution in [0.15, 0.2) is 18.2 Å². The predicted molar refractivity (Wildman–Crippen MR) is 104 cm³/mol. The summed E-state index contributed by atoms with van der Waals surface area (Å²) in [4.78, 5) is 4.85. The van der Waals surface area contributed by atoms with Crippen LogP contribution in [0.2, 0.25) is 0 Å². The van der Waals surface area contributed by atoms with Crippen LogP contribution in [-0.4, -0.2) is 47.6 Å². The minimum atomic E-state index is 0.710. The van der Waals surface area contributed by atoms with E-state index in [-0.39, 0.29) is 0 Å². The number of nitrogens with one attached hydrogen (secondary N) is 1. The standard InChI is InChI=1S/C19H31N3S/c1-5-6-11-21(4)17-9-12-22(13-10-17)19(23)20-18-14-15(2)7-8-16(18)3/h7-8,14,17H,5-6,9-13H2,1-4H3,(H,20,23). The quantitative estimate of drug-likeness (QED) is 0.814. The molecule has 128 valence electrons. The molecule has 0 aliphatic carbocycles. The summed E-state index contributed by atoms with van der Waals surface area (Å²) in [7, 11) is 2.27. The van der Waals surface area contributed by atoms with E-state index in [2.05, 4.69) is 61.1 Å². The molecule has 0 unspecified atom stereocenters. The number of hydrogen-bond acceptors (Lipinski definition) is 2. The summed E-state index contributed by atoms with van der Waals surface area (Å²) in [6, 6.07) is 7.17. The third kappa shape index (κ3) is 5.18. The van der Waals surface area contributed by atoms with Crippen molar-refractivity contribution in [3.05, 3.63) is 29.3 Å². The fourth-order valence-corrected chi connectivity index (χ4v) is 3.46. The molecule has 1 aromatic rings. The highest BCUT2D eigenvalue weighted by molar-refractivity contribution is 7.80. The summed E-state index contributed by atoms with van der Waals surface area (Å²) in [5, 5.41) is 4.31. The minimum Gasteiger partial charge on any atom is -0.349 e. The van der Waals surface area contributed by atoms with Crippen LogP contribution in [0.3, 0.4) is 0 Å². The Bertz CT molecular complexity index is 521. The maximum absolute atomic E-state index is 5.63. The lowest BCUT2D eigenvalue weighted by atomic mass is 10.0. The molecule has 1 N–H and O–H groups in total. The predicted octanol–water partition coefficient (Wildman–Crippen LogP) is 4.20. The fourth-order valence-electron chi connectivity index (χ4n) is 3.16. The first-order valence-corrected chi connectivity index (χ1v) is 9.25. The van der Waals surface area contributed by atoms with Crippen LogP contribution in [0.5, 0.6) is 0 Å². The second-order valence-electron chi connectivity index (χ2n) is 6.80. The maximum Gasteiger partial charge on any atom is 0.173 e. The Kier molecular flexibility index (Phi) is 6.85. The van der Waals surface area contributed by atoms with Gasteiger partial charge in [-0.3, -0.25) is 0 Å². The van der Waals surface area contributed by atoms with E-state index in [0.29, 0.717) is 6.04 Å². The van der Waals surface area contributed by atoms with E-state index in [1.807, 2.05) is 0 Å². The molecule has 1 heterocycles. The lowest BCUT2D eigenvalue weighted by Gasteiger charge is -2.38. The number of unbranched alkanes of at least 4 members (excludes halogenated alkanes) is 1. The first kappa shape index (κ1) is 18.2. The number of aryl methyl sites for hydroxylation is 2. The molecule has 0 saturated carbocycles. The van der Waals surface area contributed by atoms with Crippen molar-refractivity contribution < 1.29 is 0 Å². The Morgan fingerprint density at radius 1 is 1.30 bits per heavy atom. The van der Waals surface area contributed by atoms with Gasteiger partial charge in [0.2, 0.25) is 0 Å². The van der Waals surface area contributed by atoms with Gasteiger partial charge in [-0.2, -0.15) is 0 Å². The zero-order valence-electron chi connectivity index (χ0n) is 15.1. The molecule has 0 spiro atoms. The largest absolute Gasteiger partial charge is 0.349 e. The van der Waals surface area contributed by atoms with Crippen LogP contribution in [-0.2, 0) is 0 Å². The summed E-state index contributed by atoms with van der Waals surface area (Å²) in [5.74, 6) is 0. The molecular weight excluding hydrogens is 302 g/mol. The Labute approximate surface area is 147 Å². The van der Waals surface area contributed by atoms with Crippen molar-refractivity contribution in [2.45, 2.75) is 52.5 Å². The molecule has 0 bridgehead atoms. The van der Waals surface area contributed by atoms with E-state index < -0.39 is 0 Å². The van der Waals surface area contributed by atoms with E-state index >= 15 is 0 Å². The van der Waals surface area contributed by atoms with E-state index in [1.165, 1.54) is 43.4 Å². The topological polar surface area (TPSA) is 18.5 Å². The smallest absolute Gasteiger partial charge is 0.173 e. The molecule has 23 heavy (non-hydrogen) atoms. The third-order valence-corrected chi connectivity index (χ3v) is 5.23. The van der Waals surface area contributed by atoms with Gasteiger partial charge in [0.15, 0.2) is 5.11 Å². The Hall–Kier alpha value is -1.13. The average Bonchev–Trinajstić information content (AvgIpc) is 2.56. The molecule has 0 amide bonds. The molecule has 3 nitrogen and oxygen atoms in total. The number of rotatable bonds is 5. The Morgan fingerprint density at radius 2 is 2.00 bits per heavy atom. The number of piperidine rings is 1. The molecular formula is C19H31N3S. The van der Waals surface area contributed by atoms with Gasteiger partial charge in [-0.25, -0.2) is 0 Å². The molecule has 0 aromatic heterocycles. The second kappa shape index (κ2) is 8.65. The van der Waals surface area contributed by atoms with Crippen molar-refractivity contribution in [2.75, 3.05) is 32.0 Å². The molecule has 1 aliphatic rings. The monoisotopic (exact) mass is 333 g/mol. The Morgan fingerprint density at radius 3 is 2.65 bits per heavy atom. The summed E-state index contributed by atoms with van der Waals surface area (Å²) in [6.07, 6.45) is 4.97. The number of hydrogen-bond donors (Lipinski definition) is 1. The SMILES string of the molecule is CCCCN(C)C1CCN(C(=S)Nc2cc(C)ccc2C)CC1. The summed E-state index contributed by atoms with van der Waals surface area (Å²) >= 11 is 5.63. The highest BCUT2D eigenvalue weighted by atomic mass is 32.1. The molecule has 1 fully saturated rings. The normalized spacial score (nSPS) is 16.0. The van der Waals surface area contributed by atoms with E-state index in [4.69, 9.17) is 12.2 Å². The third-order valence-electron chi connectivity index (χ3n) is 4.87. The summed E-state index contributed by atoms with van der Waals surface area (Å²) in [5.41, 5.74) is 3.64. The van der Waals surface area contributed by atoms with Crippen LogP contribution in [0.25, 0.3) is 0 Å². The number of thiocarbonyl (C=S) groups is 1. The van der Waals surface area contributed by atoms with Gasteiger partial charge in [0.05, 0.1) is 0 Å². The van der Waals surface area contributed by atoms with Gasteiger partial charge in [-0.05, 0) is 76.1 Å². The maximum atomic E-state index is 5.63. The highest BCUT2D eigenvalue weighted by Gasteiger charge is 2.23. The van der Waals surface area contributed by atoms with Crippen LogP contribution in [0.4, 0.5) is 5.69 Å². The van der Waals surface area contributed by atoms with Crippen molar-refractivity contribution in [1.29, 1.82) is 0 Å². The number of anilines is 1. The van der Waals surface area contributed by atoms with Gasteiger partial charge in [-0.1, -0.05) is 25.5 Å². The second-order valence-corrected chi connectivity index (χ2v) is 7.19. The van der Waals surface area contributed by atoms with Crippen LogP contribution in [0, 0.1) is 13.8 Å². The van der Waals surface area contributed by atoms with Crippen LogP contribution >= 0.6 is 12.2 Å². The van der Waals surface area contributed by atoms with Crippen molar-refractivity contribution in [3.8, 4) is 0 Å². The van der Waals surface area contributed by atoms with Gasteiger partial charge in [0.25, 0.3) is 0 Å². The van der Waals surface area contributed by atoms with Gasteiger partial charge in [0, 0.05) is 24.8 Å². The first-order valence-electron chi connectivity index (χ1n) is 8.84. The molecule has 1 aromatic carbocycles. The summed E-state index contributed by atoms with van der Waals surface area (Å²) in [6.45, 7) is 9.82. The lowest BCUT2D eigenvalue weighted by molar-refractivity contribution is 0.163. The van der Waals surface area contributed by atoms with E-state index in [0.717, 1.165) is 23.9 Å². The number of benzene rings is 1. The van der Waals surface area contributed by atoms with Crippen molar-refractivity contribution in [1.82, 2.24) is 9.80 Å². The average molecular weight is 334 g/mol. The Balaban J connectivity index is 1.85. The fraction of sp³-hybridized carbons (Fsp3) is 0.632. The molecule has 1 aliphatic heterocycles. The lowest BCUT2D eigenvalue weighted by Crippen LogP contribution is -2.47. The molecule has 2 rings (SSSR count). The van der Waals surface area contributed by atoms with Gasteiger partial charge < -0.3 is 15.1 Å². The highest BCUT2D eigenvalue weighted by Crippen LogP contribution is 2.20. The van der Waals surface area contributed by atoms with Crippen molar-refractivity contribution in [2.24, 2.45) is 0 Å². The number of likely N-dealkylation sites (tertiary alicyclic amines) is 1. The van der Waals surface area contributed by atoms with Crippen LogP contribution < -0.4 is 5.32 Å². The molecule has 0 atom stereocenters. The van der Waals surface area contributed by atoms with Gasteiger partial charge >= 0.3 is 0 Å². The number of nitrogens with zero attached hydrogens (tertiary/aromatic N) is 2. The molecule has 1 saturated heterocycles. The van der Waals surface area contributed by atoms with Gasteiger partial charge in [-0.15, -0.1) is 0 Å². The van der Waals surface area contributed by atoms with Gasteiger partial charge in [0.1, 0.15) is 0 Å². The van der Waals surface area contributed by atoms with E-state index in [9.17, 15) is 0 Å². The minimum absolute atomic E-state index is 0.710. The zero-order chi connectivity index (χ0) is 16.8. The molecule has 0 radical (unpaired) electrons. The summed E-state index contributed by atoms with van der Waals surface area (Å²) < 4.78 is 0.